The van der Waals surface area contributed by atoms with Crippen molar-refractivity contribution in [1.82, 2.24) is 9.97 Å². The lowest BCUT2D eigenvalue weighted by molar-refractivity contribution is 0.578. The molecule has 0 unspecified atom stereocenters. The zero-order chi connectivity index (χ0) is 10.7. The first-order valence-electron chi connectivity index (χ1n) is 5.27. The van der Waals surface area contributed by atoms with Crippen LogP contribution in [0.4, 0.5) is 11.6 Å². The molecule has 0 aromatic carbocycles. The van der Waals surface area contributed by atoms with Gasteiger partial charge in [0, 0.05) is 6.54 Å². The van der Waals surface area contributed by atoms with E-state index in [0.29, 0.717) is 5.82 Å². The Labute approximate surface area is 97.8 Å². The van der Waals surface area contributed by atoms with E-state index in [4.69, 9.17) is 5.73 Å². The molecular formula is C10H15BrN4. The van der Waals surface area contributed by atoms with Crippen molar-refractivity contribution in [3.05, 3.63) is 10.8 Å². The van der Waals surface area contributed by atoms with Crippen molar-refractivity contribution in [1.29, 1.82) is 0 Å². The first-order valence-corrected chi connectivity index (χ1v) is 6.06. The van der Waals surface area contributed by atoms with Crippen LogP contribution in [0.1, 0.15) is 25.7 Å². The predicted molar refractivity (Wildman–Crippen MR) is 64.6 cm³/mol. The molecule has 1 aliphatic rings. The van der Waals surface area contributed by atoms with E-state index >= 15 is 0 Å². The molecule has 1 aromatic heterocycles. The minimum Gasteiger partial charge on any atom is -0.383 e. The fourth-order valence-corrected chi connectivity index (χ4v) is 2.31. The van der Waals surface area contributed by atoms with Gasteiger partial charge >= 0.3 is 0 Å². The third-order valence-corrected chi connectivity index (χ3v) is 3.63. The molecule has 0 aliphatic heterocycles. The molecular weight excluding hydrogens is 256 g/mol. The van der Waals surface area contributed by atoms with Crippen LogP contribution in [0.15, 0.2) is 10.8 Å². The van der Waals surface area contributed by atoms with E-state index in [-0.39, 0.29) is 0 Å². The van der Waals surface area contributed by atoms with Crippen LogP contribution in [-0.4, -0.2) is 16.5 Å². The lowest BCUT2D eigenvalue weighted by Crippen LogP contribution is -2.13. The van der Waals surface area contributed by atoms with Gasteiger partial charge in [-0.2, -0.15) is 0 Å². The van der Waals surface area contributed by atoms with E-state index in [0.717, 1.165) is 22.8 Å². The standard InChI is InChI=1S/C10H15BrN4/c11-8-9(12)14-6-15-10(8)13-5-7-3-1-2-4-7/h6-7H,1-5H2,(H3,12,13,14,15). The van der Waals surface area contributed by atoms with Crippen LogP contribution in [0.5, 0.6) is 0 Å². The van der Waals surface area contributed by atoms with E-state index in [9.17, 15) is 0 Å². The number of halogens is 1. The third-order valence-electron chi connectivity index (χ3n) is 2.85. The van der Waals surface area contributed by atoms with E-state index < -0.39 is 0 Å². The molecule has 2 rings (SSSR count). The summed E-state index contributed by atoms with van der Waals surface area (Å²) < 4.78 is 0.767. The zero-order valence-corrected chi connectivity index (χ0v) is 10.1. The van der Waals surface area contributed by atoms with E-state index in [1.165, 1.54) is 32.0 Å². The maximum Gasteiger partial charge on any atom is 0.145 e. The van der Waals surface area contributed by atoms with Gasteiger partial charge in [0.15, 0.2) is 0 Å². The Morgan fingerprint density at radius 2 is 2.13 bits per heavy atom. The fourth-order valence-electron chi connectivity index (χ4n) is 1.96. The quantitative estimate of drug-likeness (QED) is 0.886. The maximum atomic E-state index is 5.67. The summed E-state index contributed by atoms with van der Waals surface area (Å²) in [6, 6.07) is 0. The van der Waals surface area contributed by atoms with Gasteiger partial charge in [-0.25, -0.2) is 9.97 Å². The molecule has 3 N–H and O–H groups in total. The number of nitrogens with zero attached hydrogens (tertiary/aromatic N) is 2. The first-order chi connectivity index (χ1) is 7.27. The number of anilines is 2. The Morgan fingerprint density at radius 1 is 1.40 bits per heavy atom. The Morgan fingerprint density at radius 3 is 2.87 bits per heavy atom. The number of nitrogens with one attached hydrogen (secondary N) is 1. The number of rotatable bonds is 3. The molecule has 1 heterocycles. The smallest absolute Gasteiger partial charge is 0.145 e. The summed E-state index contributed by atoms with van der Waals surface area (Å²) in [6.45, 7) is 0.981. The van der Waals surface area contributed by atoms with E-state index in [2.05, 4.69) is 31.2 Å². The maximum absolute atomic E-state index is 5.67. The van der Waals surface area contributed by atoms with Gasteiger partial charge in [0.1, 0.15) is 22.4 Å². The summed E-state index contributed by atoms with van der Waals surface area (Å²) in [5.41, 5.74) is 5.67. The van der Waals surface area contributed by atoms with Gasteiger partial charge < -0.3 is 11.1 Å². The van der Waals surface area contributed by atoms with Crippen LogP contribution in [0.3, 0.4) is 0 Å². The fraction of sp³-hybridized carbons (Fsp3) is 0.600. The van der Waals surface area contributed by atoms with Gasteiger partial charge in [-0.3, -0.25) is 0 Å². The molecule has 15 heavy (non-hydrogen) atoms. The molecule has 4 nitrogen and oxygen atoms in total. The second-order valence-electron chi connectivity index (χ2n) is 3.95. The largest absolute Gasteiger partial charge is 0.383 e. The van der Waals surface area contributed by atoms with Crippen molar-refractivity contribution in [2.24, 2.45) is 5.92 Å². The Kier molecular flexibility index (Phi) is 3.41. The van der Waals surface area contributed by atoms with Crippen LogP contribution < -0.4 is 11.1 Å². The minimum absolute atomic E-state index is 0.485. The van der Waals surface area contributed by atoms with Gasteiger partial charge in [0.25, 0.3) is 0 Å². The Bertz CT molecular complexity index is 336. The van der Waals surface area contributed by atoms with E-state index in [1.54, 1.807) is 0 Å². The summed E-state index contributed by atoms with van der Waals surface area (Å²) in [7, 11) is 0. The van der Waals surface area contributed by atoms with Gasteiger partial charge in [-0.1, -0.05) is 12.8 Å². The molecule has 1 saturated carbocycles. The van der Waals surface area contributed by atoms with Crippen molar-refractivity contribution >= 4 is 27.6 Å². The van der Waals surface area contributed by atoms with E-state index in [1.807, 2.05) is 0 Å². The number of nitrogens with two attached hydrogens (primary N) is 1. The molecule has 0 spiro atoms. The monoisotopic (exact) mass is 270 g/mol. The summed E-state index contributed by atoms with van der Waals surface area (Å²) >= 11 is 3.38. The predicted octanol–water partition coefficient (Wildman–Crippen LogP) is 2.42. The molecule has 0 bridgehead atoms. The van der Waals surface area contributed by atoms with Crippen molar-refractivity contribution < 1.29 is 0 Å². The minimum atomic E-state index is 0.485. The van der Waals surface area contributed by atoms with Gasteiger partial charge in [0.05, 0.1) is 0 Å². The molecule has 0 atom stereocenters. The molecule has 0 amide bonds. The summed E-state index contributed by atoms with van der Waals surface area (Å²) in [6.07, 6.45) is 6.85. The molecule has 0 saturated heterocycles. The molecule has 5 heteroatoms. The average Bonchev–Trinajstić information content (AvgIpc) is 2.73. The molecule has 82 valence electrons. The normalized spacial score (nSPS) is 16.9. The molecule has 1 aliphatic carbocycles. The topological polar surface area (TPSA) is 63.8 Å². The summed E-state index contributed by atoms with van der Waals surface area (Å²) in [4.78, 5) is 8.05. The van der Waals surface area contributed by atoms with Crippen molar-refractivity contribution in [3.8, 4) is 0 Å². The van der Waals surface area contributed by atoms with Crippen LogP contribution in [0, 0.1) is 5.92 Å². The number of aromatic nitrogens is 2. The molecule has 0 radical (unpaired) electrons. The third kappa shape index (κ3) is 2.59. The highest BCUT2D eigenvalue weighted by atomic mass is 79.9. The van der Waals surface area contributed by atoms with Crippen LogP contribution in [-0.2, 0) is 0 Å². The van der Waals surface area contributed by atoms with Gasteiger partial charge in [-0.05, 0) is 34.7 Å². The van der Waals surface area contributed by atoms with Gasteiger partial charge in [0.2, 0.25) is 0 Å². The van der Waals surface area contributed by atoms with Crippen molar-refractivity contribution in [3.63, 3.8) is 0 Å². The average molecular weight is 271 g/mol. The zero-order valence-electron chi connectivity index (χ0n) is 8.54. The summed E-state index contributed by atoms with van der Waals surface area (Å²) in [5, 5.41) is 3.32. The van der Waals surface area contributed by atoms with Gasteiger partial charge in [-0.15, -0.1) is 0 Å². The lowest BCUT2D eigenvalue weighted by atomic mass is 10.1. The summed E-state index contributed by atoms with van der Waals surface area (Å²) in [5.74, 6) is 2.07. The SMILES string of the molecule is Nc1ncnc(NCC2CCCC2)c1Br. The Balaban J connectivity index is 1.95. The van der Waals surface area contributed by atoms with Crippen LogP contribution in [0.2, 0.25) is 0 Å². The number of hydrogen-bond acceptors (Lipinski definition) is 4. The van der Waals surface area contributed by atoms with Crippen molar-refractivity contribution in [2.45, 2.75) is 25.7 Å². The van der Waals surface area contributed by atoms with Crippen LogP contribution >= 0.6 is 15.9 Å². The number of hydrogen-bond donors (Lipinski definition) is 2. The lowest BCUT2D eigenvalue weighted by Gasteiger charge is -2.12. The van der Waals surface area contributed by atoms with Crippen molar-refractivity contribution in [2.75, 3.05) is 17.6 Å². The molecule has 1 fully saturated rings. The highest BCUT2D eigenvalue weighted by Gasteiger charge is 2.15. The second-order valence-corrected chi connectivity index (χ2v) is 4.75. The second kappa shape index (κ2) is 4.79. The highest BCUT2D eigenvalue weighted by Crippen LogP contribution is 2.27. The number of nitrogen functional groups attached to an aromatic ring is 1. The highest BCUT2D eigenvalue weighted by molar-refractivity contribution is 9.10. The molecule has 1 aromatic rings. The first kappa shape index (κ1) is 10.7. The van der Waals surface area contributed by atoms with Crippen LogP contribution in [0.25, 0.3) is 0 Å². The Hall–Kier alpha value is -0.840.